The highest BCUT2D eigenvalue weighted by Gasteiger charge is 2.17. The van der Waals surface area contributed by atoms with Crippen molar-refractivity contribution in [2.45, 2.75) is 27.7 Å². The summed E-state index contributed by atoms with van der Waals surface area (Å²) in [5, 5.41) is 2.24. The Morgan fingerprint density at radius 1 is 1.36 bits per heavy atom. The zero-order chi connectivity index (χ0) is 19.3. The van der Waals surface area contributed by atoms with Crippen LogP contribution in [0.25, 0.3) is 0 Å². The summed E-state index contributed by atoms with van der Waals surface area (Å²) in [4.78, 5) is 15.7. The maximum atomic E-state index is 14.2. The number of rotatable bonds is 5. The maximum Gasteiger partial charge on any atom is 0.284 e. The molecule has 0 unspecified atom stereocenters. The van der Waals surface area contributed by atoms with Crippen LogP contribution in [-0.4, -0.2) is 10.9 Å². The van der Waals surface area contributed by atoms with E-state index in [0.717, 1.165) is 6.20 Å². The summed E-state index contributed by atoms with van der Waals surface area (Å²) in [6.45, 7) is 9.43. The molecule has 1 amide bonds. The second-order valence-corrected chi connectivity index (χ2v) is 5.39. The van der Waals surface area contributed by atoms with E-state index in [4.69, 9.17) is 5.73 Å². The molecule has 0 radical (unpaired) electrons. The number of allylic oxidation sites excluding steroid dienone is 5. The second-order valence-electron chi connectivity index (χ2n) is 5.39. The Kier molecular flexibility index (Phi) is 6.73. The van der Waals surface area contributed by atoms with Crippen LogP contribution in [0.3, 0.4) is 0 Å². The van der Waals surface area contributed by atoms with Crippen LogP contribution in [-0.2, 0) is 4.79 Å². The Balaban J connectivity index is 3.15. The highest BCUT2D eigenvalue weighted by atomic mass is 19.1. The number of carbonyl (C=O) groups is 1. The number of pyridine rings is 1. The highest BCUT2D eigenvalue weighted by molar-refractivity contribution is 6.03. The van der Waals surface area contributed by atoms with E-state index in [1.165, 1.54) is 33.8 Å². The molecule has 1 aromatic heterocycles. The van der Waals surface area contributed by atoms with E-state index in [2.05, 4.69) is 16.9 Å². The topological polar surface area (TPSA) is 68.0 Å². The quantitative estimate of drug-likeness (QED) is 0.614. The summed E-state index contributed by atoms with van der Waals surface area (Å²) in [7, 11) is 0. The van der Waals surface area contributed by atoms with Gasteiger partial charge in [0.05, 0.1) is 23.3 Å². The standard InChI is InChI=1S/C18H20F3N3O/c1-6-12(15(21)16(22)9(2)3)7-13(19)18(25)24-17-10(4)14(20)8-23-11(17)5/h6-8H,2,22H2,1,3-5H3,(H,24,25)/b12-6?,13-7-,16-15-. The van der Waals surface area contributed by atoms with E-state index in [1.807, 2.05) is 0 Å². The van der Waals surface area contributed by atoms with Crippen molar-refractivity contribution in [3.8, 4) is 0 Å². The summed E-state index contributed by atoms with van der Waals surface area (Å²) < 4.78 is 41.9. The van der Waals surface area contributed by atoms with Gasteiger partial charge in [0, 0.05) is 11.1 Å². The first-order valence-electron chi connectivity index (χ1n) is 7.38. The molecule has 0 atom stereocenters. The number of nitrogens with one attached hydrogen (secondary N) is 1. The number of anilines is 1. The van der Waals surface area contributed by atoms with Gasteiger partial charge in [-0.1, -0.05) is 12.7 Å². The van der Waals surface area contributed by atoms with Crippen LogP contribution in [0.4, 0.5) is 18.9 Å². The molecule has 0 aliphatic carbocycles. The number of carbonyl (C=O) groups excluding carboxylic acids is 1. The van der Waals surface area contributed by atoms with Crippen molar-refractivity contribution in [3.05, 3.63) is 70.5 Å². The number of amides is 1. The molecule has 3 N–H and O–H groups in total. The van der Waals surface area contributed by atoms with Gasteiger partial charge >= 0.3 is 0 Å². The Morgan fingerprint density at radius 2 is 1.96 bits per heavy atom. The molecule has 0 spiro atoms. The Labute approximate surface area is 144 Å². The van der Waals surface area contributed by atoms with E-state index in [1.54, 1.807) is 0 Å². The minimum absolute atomic E-state index is 0.0630. The van der Waals surface area contributed by atoms with E-state index in [0.29, 0.717) is 11.8 Å². The summed E-state index contributed by atoms with van der Waals surface area (Å²) >= 11 is 0. The normalized spacial score (nSPS) is 13.4. The number of aryl methyl sites for hydroxylation is 1. The molecule has 0 saturated heterocycles. The summed E-state index contributed by atoms with van der Waals surface area (Å²) in [6.07, 6.45) is 2.97. The predicted molar refractivity (Wildman–Crippen MR) is 92.4 cm³/mol. The number of aromatic nitrogens is 1. The molecule has 1 aromatic rings. The van der Waals surface area contributed by atoms with Crippen molar-refractivity contribution >= 4 is 11.6 Å². The van der Waals surface area contributed by atoms with Gasteiger partial charge in [0.1, 0.15) is 5.82 Å². The number of halogens is 3. The molecular formula is C18H20F3N3O. The molecule has 0 bridgehead atoms. The molecular weight excluding hydrogens is 331 g/mol. The van der Waals surface area contributed by atoms with Gasteiger partial charge in [0.25, 0.3) is 5.91 Å². The summed E-state index contributed by atoms with van der Waals surface area (Å²) in [6, 6.07) is 0. The SMILES string of the molecule is C=C(C)/C(N)=C(/F)C(=CC)/C=C(\F)C(=O)Nc1c(C)ncc(F)c1C. The van der Waals surface area contributed by atoms with Crippen LogP contribution in [0.1, 0.15) is 25.1 Å². The number of hydrogen-bond acceptors (Lipinski definition) is 3. The maximum absolute atomic E-state index is 14.2. The average Bonchev–Trinajstić information content (AvgIpc) is 2.57. The Bertz CT molecular complexity index is 808. The molecule has 25 heavy (non-hydrogen) atoms. The monoisotopic (exact) mass is 351 g/mol. The van der Waals surface area contributed by atoms with Crippen LogP contribution >= 0.6 is 0 Å². The van der Waals surface area contributed by atoms with Crippen molar-refractivity contribution < 1.29 is 18.0 Å². The Morgan fingerprint density at radius 3 is 2.48 bits per heavy atom. The second kappa shape index (κ2) is 8.32. The number of nitrogens with zero attached hydrogens (tertiary/aromatic N) is 1. The molecule has 134 valence electrons. The van der Waals surface area contributed by atoms with Crippen LogP contribution in [0.15, 0.2) is 53.4 Å². The zero-order valence-electron chi connectivity index (χ0n) is 14.5. The first-order valence-corrected chi connectivity index (χ1v) is 7.38. The fraction of sp³-hybridized carbons (Fsp3) is 0.222. The lowest BCUT2D eigenvalue weighted by Gasteiger charge is -2.11. The molecule has 0 saturated carbocycles. The third-order valence-corrected chi connectivity index (χ3v) is 3.46. The minimum atomic E-state index is -1.26. The first-order chi connectivity index (χ1) is 11.6. The largest absolute Gasteiger partial charge is 0.396 e. The van der Waals surface area contributed by atoms with Crippen molar-refractivity contribution in [2.24, 2.45) is 5.73 Å². The van der Waals surface area contributed by atoms with Gasteiger partial charge in [-0.3, -0.25) is 9.78 Å². The molecule has 0 fully saturated rings. The number of hydrogen-bond donors (Lipinski definition) is 2. The van der Waals surface area contributed by atoms with Gasteiger partial charge in [0.2, 0.25) is 0 Å². The third-order valence-electron chi connectivity index (χ3n) is 3.46. The van der Waals surface area contributed by atoms with E-state index in [9.17, 15) is 18.0 Å². The zero-order valence-corrected chi connectivity index (χ0v) is 14.5. The van der Waals surface area contributed by atoms with E-state index in [-0.39, 0.29) is 28.1 Å². The molecule has 1 heterocycles. The van der Waals surface area contributed by atoms with Crippen molar-refractivity contribution in [1.82, 2.24) is 4.98 Å². The highest BCUT2D eigenvalue weighted by Crippen LogP contribution is 2.23. The summed E-state index contributed by atoms with van der Waals surface area (Å²) in [5.74, 6) is -3.94. The third kappa shape index (κ3) is 4.82. The predicted octanol–water partition coefficient (Wildman–Crippen LogP) is 4.29. The van der Waals surface area contributed by atoms with E-state index < -0.39 is 23.4 Å². The molecule has 0 aromatic carbocycles. The van der Waals surface area contributed by atoms with Gasteiger partial charge in [-0.25, -0.2) is 13.2 Å². The Hall–Kier alpha value is -2.83. The van der Waals surface area contributed by atoms with Crippen LogP contribution in [0.2, 0.25) is 0 Å². The van der Waals surface area contributed by atoms with Crippen molar-refractivity contribution in [1.29, 1.82) is 0 Å². The molecule has 0 aliphatic heterocycles. The minimum Gasteiger partial charge on any atom is -0.396 e. The van der Waals surface area contributed by atoms with E-state index >= 15 is 0 Å². The van der Waals surface area contributed by atoms with Gasteiger partial charge < -0.3 is 11.1 Å². The van der Waals surface area contributed by atoms with Gasteiger partial charge in [-0.15, -0.1) is 0 Å². The van der Waals surface area contributed by atoms with Gasteiger partial charge in [0.15, 0.2) is 11.7 Å². The molecule has 0 aliphatic rings. The lowest BCUT2D eigenvalue weighted by Crippen LogP contribution is -2.15. The molecule has 1 rings (SSSR count). The lowest BCUT2D eigenvalue weighted by atomic mass is 10.1. The lowest BCUT2D eigenvalue weighted by molar-refractivity contribution is -0.114. The van der Waals surface area contributed by atoms with Crippen LogP contribution < -0.4 is 11.1 Å². The average molecular weight is 351 g/mol. The van der Waals surface area contributed by atoms with Gasteiger partial charge in [-0.05, 0) is 39.3 Å². The van der Waals surface area contributed by atoms with Crippen molar-refractivity contribution in [2.75, 3.05) is 5.32 Å². The first kappa shape index (κ1) is 20.2. The van der Waals surface area contributed by atoms with Crippen molar-refractivity contribution in [3.63, 3.8) is 0 Å². The molecule has 7 heteroatoms. The molecule has 4 nitrogen and oxygen atoms in total. The number of nitrogens with two attached hydrogens (primary N) is 1. The smallest absolute Gasteiger partial charge is 0.284 e. The summed E-state index contributed by atoms with van der Waals surface area (Å²) in [5.41, 5.74) is 5.86. The fourth-order valence-corrected chi connectivity index (χ4v) is 1.88. The van der Waals surface area contributed by atoms with Crippen LogP contribution in [0.5, 0.6) is 0 Å². The van der Waals surface area contributed by atoms with Gasteiger partial charge in [-0.2, -0.15) is 0 Å². The fourth-order valence-electron chi connectivity index (χ4n) is 1.88. The van der Waals surface area contributed by atoms with Crippen LogP contribution in [0, 0.1) is 19.7 Å².